The van der Waals surface area contributed by atoms with Gasteiger partial charge in [0.05, 0.1) is 50.8 Å². The van der Waals surface area contributed by atoms with Gasteiger partial charge in [-0.05, 0) is 25.2 Å². The summed E-state index contributed by atoms with van der Waals surface area (Å²) in [6.45, 7) is 1.78. The summed E-state index contributed by atoms with van der Waals surface area (Å²) in [6, 6.07) is 8.04. The van der Waals surface area contributed by atoms with Crippen molar-refractivity contribution in [3.8, 4) is 23.0 Å². The number of hydrogen-bond donors (Lipinski definition) is 3. The Morgan fingerprint density at radius 3 is 2.34 bits per heavy atom. The van der Waals surface area contributed by atoms with Crippen LogP contribution in [0, 0.1) is 0 Å². The van der Waals surface area contributed by atoms with Crippen molar-refractivity contribution in [3.05, 3.63) is 52.2 Å². The molecule has 0 radical (unpaired) electrons. The van der Waals surface area contributed by atoms with E-state index in [1.807, 2.05) is 12.1 Å². The zero-order valence-electron chi connectivity index (χ0n) is 18.3. The third-order valence-electron chi connectivity index (χ3n) is 4.98. The normalized spacial score (nSPS) is 15.4. The van der Waals surface area contributed by atoms with Gasteiger partial charge in [0.15, 0.2) is 16.6 Å². The second kappa shape index (κ2) is 9.97. The third-order valence-corrected chi connectivity index (χ3v) is 5.50. The molecule has 8 nitrogen and oxygen atoms in total. The molecule has 0 spiro atoms. The number of carbonyl (C=O) groups is 1. The van der Waals surface area contributed by atoms with E-state index in [2.05, 4.69) is 16.0 Å². The van der Waals surface area contributed by atoms with Gasteiger partial charge in [0.2, 0.25) is 0 Å². The van der Waals surface area contributed by atoms with Crippen LogP contribution in [0.15, 0.2) is 41.6 Å². The molecule has 1 aliphatic rings. The van der Waals surface area contributed by atoms with Crippen molar-refractivity contribution < 1.29 is 23.7 Å². The topological polar surface area (TPSA) is 90.1 Å². The number of para-hydroxylation sites is 1. The Balaban J connectivity index is 2.06. The van der Waals surface area contributed by atoms with Gasteiger partial charge < -0.3 is 34.9 Å². The monoisotopic (exact) mass is 477 g/mol. The van der Waals surface area contributed by atoms with Gasteiger partial charge in [-0.2, -0.15) is 0 Å². The Morgan fingerprint density at radius 2 is 1.72 bits per heavy atom. The fraction of sp³-hybridized carbons (Fsp3) is 0.273. The maximum absolute atomic E-state index is 13.5. The number of carbonyl (C=O) groups excluding carboxylic acids is 1. The molecule has 10 heteroatoms. The number of nitrogens with one attached hydrogen (secondary N) is 3. The van der Waals surface area contributed by atoms with Crippen LogP contribution in [0.3, 0.4) is 0 Å². The first kappa shape index (κ1) is 23.5. The van der Waals surface area contributed by atoms with E-state index in [0.29, 0.717) is 55.7 Å². The molecule has 0 saturated heterocycles. The van der Waals surface area contributed by atoms with Gasteiger partial charge in [0.1, 0.15) is 11.5 Å². The summed E-state index contributed by atoms with van der Waals surface area (Å²) in [6.07, 6.45) is 0. The van der Waals surface area contributed by atoms with E-state index in [1.165, 1.54) is 14.2 Å². The maximum Gasteiger partial charge on any atom is 0.255 e. The third kappa shape index (κ3) is 4.53. The minimum Gasteiger partial charge on any atom is -0.495 e. The molecule has 2 aromatic carbocycles. The first-order chi connectivity index (χ1) is 15.3. The fourth-order valence-corrected chi connectivity index (χ4v) is 4.02. The summed E-state index contributed by atoms with van der Waals surface area (Å²) in [7, 11) is 6.08. The Labute approximate surface area is 196 Å². The van der Waals surface area contributed by atoms with Crippen molar-refractivity contribution >= 4 is 40.5 Å². The van der Waals surface area contributed by atoms with E-state index < -0.39 is 6.04 Å². The summed E-state index contributed by atoms with van der Waals surface area (Å²) >= 11 is 11.5. The van der Waals surface area contributed by atoms with Crippen LogP contribution in [-0.4, -0.2) is 39.5 Å². The zero-order chi connectivity index (χ0) is 23.4. The summed E-state index contributed by atoms with van der Waals surface area (Å²) < 4.78 is 21.6. The summed E-state index contributed by atoms with van der Waals surface area (Å²) in [4.78, 5) is 13.5. The van der Waals surface area contributed by atoms with Crippen LogP contribution >= 0.6 is 23.8 Å². The van der Waals surface area contributed by atoms with Crippen molar-refractivity contribution in [1.82, 2.24) is 10.6 Å². The second-order valence-electron chi connectivity index (χ2n) is 6.79. The number of anilines is 1. The standard InChI is InChI=1S/C22H24ClN3O5S/c1-11-18(21(27)25-14-10-16(29-3)13(23)9-17(14)30-4)19(26-22(32)24-11)12-7-6-8-15(28-2)20(12)31-5/h6-10,19H,1-5H3,(H,25,27)(H2,24,26,32)/t19-/m1/s1. The quantitative estimate of drug-likeness (QED) is 0.519. The lowest BCUT2D eigenvalue weighted by Gasteiger charge is -2.31. The maximum atomic E-state index is 13.5. The Bertz CT molecular complexity index is 1090. The van der Waals surface area contributed by atoms with Crippen LogP contribution in [0.1, 0.15) is 18.5 Å². The number of thiocarbonyl (C=S) groups is 1. The average molecular weight is 478 g/mol. The lowest BCUT2D eigenvalue weighted by atomic mass is 9.93. The van der Waals surface area contributed by atoms with Gasteiger partial charge in [-0.25, -0.2) is 0 Å². The van der Waals surface area contributed by atoms with Crippen molar-refractivity contribution in [2.45, 2.75) is 13.0 Å². The largest absolute Gasteiger partial charge is 0.495 e. The average Bonchev–Trinajstić information content (AvgIpc) is 2.78. The lowest BCUT2D eigenvalue weighted by molar-refractivity contribution is -0.113. The van der Waals surface area contributed by atoms with Crippen LogP contribution in [0.5, 0.6) is 23.0 Å². The molecule has 170 valence electrons. The predicted molar refractivity (Wildman–Crippen MR) is 127 cm³/mol. The first-order valence-corrected chi connectivity index (χ1v) is 10.3. The van der Waals surface area contributed by atoms with Crippen molar-refractivity contribution in [2.75, 3.05) is 33.8 Å². The smallest absolute Gasteiger partial charge is 0.255 e. The van der Waals surface area contributed by atoms with Crippen LogP contribution in [0.2, 0.25) is 5.02 Å². The van der Waals surface area contributed by atoms with Crippen molar-refractivity contribution in [2.24, 2.45) is 0 Å². The molecular formula is C22H24ClN3O5S. The predicted octanol–water partition coefficient (Wildman–Crippen LogP) is 3.81. The highest BCUT2D eigenvalue weighted by Gasteiger charge is 2.33. The number of benzene rings is 2. The molecular weight excluding hydrogens is 454 g/mol. The number of ether oxygens (including phenoxy) is 4. The molecule has 3 rings (SSSR count). The van der Waals surface area contributed by atoms with Crippen molar-refractivity contribution in [1.29, 1.82) is 0 Å². The zero-order valence-corrected chi connectivity index (χ0v) is 19.9. The number of methoxy groups -OCH3 is 4. The van der Waals surface area contributed by atoms with Crippen LogP contribution < -0.4 is 34.9 Å². The Kier molecular flexibility index (Phi) is 7.32. The Morgan fingerprint density at radius 1 is 1.03 bits per heavy atom. The van der Waals surface area contributed by atoms with E-state index in [0.717, 1.165) is 0 Å². The molecule has 0 bridgehead atoms. The van der Waals surface area contributed by atoms with Gasteiger partial charge >= 0.3 is 0 Å². The molecule has 0 unspecified atom stereocenters. The molecule has 0 aliphatic carbocycles. The van der Waals surface area contributed by atoms with Crippen LogP contribution in [-0.2, 0) is 4.79 Å². The fourth-order valence-electron chi connectivity index (χ4n) is 3.52. The minimum absolute atomic E-state index is 0.364. The number of amides is 1. The number of hydrogen-bond acceptors (Lipinski definition) is 6. The first-order valence-electron chi connectivity index (χ1n) is 9.56. The molecule has 1 aliphatic heterocycles. The highest BCUT2D eigenvalue weighted by molar-refractivity contribution is 7.80. The van der Waals surface area contributed by atoms with Gasteiger partial charge in [-0.3, -0.25) is 4.79 Å². The number of rotatable bonds is 7. The van der Waals surface area contributed by atoms with Gasteiger partial charge in [-0.15, -0.1) is 0 Å². The summed E-state index contributed by atoms with van der Waals surface area (Å²) in [5, 5.41) is 9.81. The number of allylic oxidation sites excluding steroid dienone is 1. The molecule has 32 heavy (non-hydrogen) atoms. The molecule has 1 amide bonds. The van der Waals surface area contributed by atoms with Gasteiger partial charge in [0, 0.05) is 23.4 Å². The molecule has 3 N–H and O–H groups in total. The van der Waals surface area contributed by atoms with E-state index >= 15 is 0 Å². The Hall–Kier alpha value is -3.17. The second-order valence-corrected chi connectivity index (χ2v) is 7.61. The SMILES string of the molecule is COc1cc(NC(=O)C2=C(C)NC(=S)N[C@@H]2c2cccc(OC)c2OC)c(OC)cc1Cl. The van der Waals surface area contributed by atoms with E-state index in [4.69, 9.17) is 42.8 Å². The summed E-state index contributed by atoms with van der Waals surface area (Å²) in [5.74, 6) is 1.46. The van der Waals surface area contributed by atoms with E-state index in [-0.39, 0.29) is 5.91 Å². The molecule has 1 atom stereocenters. The van der Waals surface area contributed by atoms with Crippen molar-refractivity contribution in [3.63, 3.8) is 0 Å². The van der Waals surface area contributed by atoms with E-state index in [1.54, 1.807) is 39.3 Å². The molecule has 0 saturated carbocycles. The summed E-state index contributed by atoms with van der Waals surface area (Å²) in [5.41, 5.74) is 2.12. The highest BCUT2D eigenvalue weighted by atomic mass is 35.5. The van der Waals surface area contributed by atoms with Crippen LogP contribution in [0.25, 0.3) is 0 Å². The molecule has 0 fully saturated rings. The minimum atomic E-state index is -0.589. The molecule has 0 aromatic heterocycles. The number of halogens is 1. The van der Waals surface area contributed by atoms with Crippen LogP contribution in [0.4, 0.5) is 5.69 Å². The van der Waals surface area contributed by atoms with E-state index in [9.17, 15) is 4.79 Å². The lowest BCUT2D eigenvalue weighted by Crippen LogP contribution is -2.45. The highest BCUT2D eigenvalue weighted by Crippen LogP contribution is 2.40. The van der Waals surface area contributed by atoms with Gasteiger partial charge in [-0.1, -0.05) is 23.7 Å². The van der Waals surface area contributed by atoms with Gasteiger partial charge in [0.25, 0.3) is 5.91 Å². The molecule has 2 aromatic rings. The molecule has 1 heterocycles.